The summed E-state index contributed by atoms with van der Waals surface area (Å²) in [4.78, 5) is 0. The Kier molecular flexibility index (Phi) is 9.52. The molecule has 0 amide bonds. The van der Waals surface area contributed by atoms with Crippen molar-refractivity contribution in [2.24, 2.45) is 0 Å². The van der Waals surface area contributed by atoms with Gasteiger partial charge in [0.15, 0.2) is 5.82 Å². The number of aromatic nitrogens is 3. The molecule has 1 aromatic carbocycles. The van der Waals surface area contributed by atoms with Crippen molar-refractivity contribution in [3.8, 4) is 0 Å². The highest BCUT2D eigenvalue weighted by molar-refractivity contribution is 5.54. The van der Waals surface area contributed by atoms with Crippen molar-refractivity contribution in [3.05, 3.63) is 36.5 Å². The molecule has 0 radical (unpaired) electrons. The largest absolute Gasteiger partial charge is 0.337 e. The van der Waals surface area contributed by atoms with Gasteiger partial charge in [0.2, 0.25) is 0 Å². The van der Waals surface area contributed by atoms with Gasteiger partial charge >= 0.3 is 0 Å². The van der Waals surface area contributed by atoms with Crippen LogP contribution in [0.25, 0.3) is 0 Å². The van der Waals surface area contributed by atoms with Crippen molar-refractivity contribution >= 4 is 11.5 Å². The first-order valence-corrected chi connectivity index (χ1v) is 6.04. The maximum Gasteiger partial charge on any atom is 0.172 e. The van der Waals surface area contributed by atoms with Gasteiger partial charge < -0.3 is 5.32 Å². The van der Waals surface area contributed by atoms with Crippen LogP contribution in [0.5, 0.6) is 0 Å². The molecule has 0 unspecified atom stereocenters. The third-order valence-electron chi connectivity index (χ3n) is 1.46. The highest BCUT2D eigenvalue weighted by Gasteiger charge is 1.93. The maximum atomic E-state index is 3.86. The predicted octanol–water partition coefficient (Wildman–Crippen LogP) is 3.99. The molecule has 2 N–H and O–H groups in total. The Morgan fingerprint density at radius 2 is 1.71 bits per heavy atom. The van der Waals surface area contributed by atoms with Crippen LogP contribution >= 0.6 is 0 Å². The normalized spacial score (nSPS) is 8.24. The zero-order valence-electron chi connectivity index (χ0n) is 11.1. The smallest absolute Gasteiger partial charge is 0.172 e. The van der Waals surface area contributed by atoms with Gasteiger partial charge in [-0.05, 0) is 12.1 Å². The lowest BCUT2D eigenvalue weighted by molar-refractivity contribution is 0.942. The van der Waals surface area contributed by atoms with Gasteiger partial charge in [0, 0.05) is 5.69 Å². The van der Waals surface area contributed by atoms with E-state index in [0.717, 1.165) is 11.5 Å². The second kappa shape index (κ2) is 10.7. The highest BCUT2D eigenvalue weighted by atomic mass is 15.3. The van der Waals surface area contributed by atoms with Crippen molar-refractivity contribution in [2.45, 2.75) is 34.1 Å². The molecule has 0 saturated heterocycles. The minimum absolute atomic E-state index is 0.723. The SMILES string of the molecule is CC.CCC.c1ccc(Nc2cn[nH]n2)cc1. The van der Waals surface area contributed by atoms with Crippen molar-refractivity contribution in [3.63, 3.8) is 0 Å². The number of rotatable bonds is 2. The monoisotopic (exact) mass is 234 g/mol. The summed E-state index contributed by atoms with van der Waals surface area (Å²) >= 11 is 0. The van der Waals surface area contributed by atoms with Gasteiger partial charge in [-0.1, -0.05) is 52.3 Å². The highest BCUT2D eigenvalue weighted by Crippen LogP contribution is 2.10. The Morgan fingerprint density at radius 3 is 2.18 bits per heavy atom. The fourth-order valence-corrected chi connectivity index (χ4v) is 0.931. The average Bonchev–Trinajstić information content (AvgIpc) is 2.87. The van der Waals surface area contributed by atoms with Crippen molar-refractivity contribution in [2.75, 3.05) is 5.32 Å². The summed E-state index contributed by atoms with van der Waals surface area (Å²) < 4.78 is 0. The number of hydrogen-bond acceptors (Lipinski definition) is 3. The first-order valence-electron chi connectivity index (χ1n) is 6.04. The summed E-state index contributed by atoms with van der Waals surface area (Å²) in [5.74, 6) is 0.723. The Hall–Kier alpha value is -1.84. The third-order valence-corrected chi connectivity index (χ3v) is 1.46. The maximum absolute atomic E-state index is 3.86. The molecule has 0 aliphatic rings. The number of nitrogens with one attached hydrogen (secondary N) is 2. The van der Waals surface area contributed by atoms with E-state index in [1.54, 1.807) is 6.20 Å². The average molecular weight is 234 g/mol. The molecule has 1 aromatic heterocycles. The fraction of sp³-hybridized carbons (Fsp3) is 0.385. The van der Waals surface area contributed by atoms with Crippen LogP contribution in [0.4, 0.5) is 11.5 Å². The molecule has 1 heterocycles. The molecule has 0 saturated carbocycles. The van der Waals surface area contributed by atoms with E-state index in [-0.39, 0.29) is 0 Å². The van der Waals surface area contributed by atoms with E-state index in [1.165, 1.54) is 6.42 Å². The summed E-state index contributed by atoms with van der Waals surface area (Å²) in [6.07, 6.45) is 2.88. The van der Waals surface area contributed by atoms with Crippen LogP contribution < -0.4 is 5.32 Å². The Labute approximate surface area is 103 Å². The summed E-state index contributed by atoms with van der Waals surface area (Å²) in [6, 6.07) is 9.82. The minimum Gasteiger partial charge on any atom is -0.337 e. The van der Waals surface area contributed by atoms with Crippen LogP contribution in [0.2, 0.25) is 0 Å². The summed E-state index contributed by atoms with van der Waals surface area (Å²) in [7, 11) is 0. The molecule has 4 nitrogen and oxygen atoms in total. The van der Waals surface area contributed by atoms with Crippen LogP contribution in [0.15, 0.2) is 36.5 Å². The standard InChI is InChI=1S/C8H8N4.C3H8.C2H6/c1-2-4-7(5-3-1)10-8-6-9-12-11-8;1-3-2;1-2/h1-6H,(H2,9,10,11,12);3H2,1-2H3;1-2H3. The number of para-hydroxylation sites is 1. The fourth-order valence-electron chi connectivity index (χ4n) is 0.931. The summed E-state index contributed by atoms with van der Waals surface area (Å²) in [5.41, 5.74) is 1.01. The van der Waals surface area contributed by atoms with Gasteiger partial charge in [-0.15, -0.1) is 5.10 Å². The van der Waals surface area contributed by atoms with E-state index in [9.17, 15) is 0 Å². The number of nitrogens with zero attached hydrogens (tertiary/aromatic N) is 2. The lowest BCUT2D eigenvalue weighted by Crippen LogP contribution is -1.88. The molecule has 17 heavy (non-hydrogen) atoms. The molecule has 0 bridgehead atoms. The van der Waals surface area contributed by atoms with Crippen LogP contribution in [0.1, 0.15) is 34.1 Å². The van der Waals surface area contributed by atoms with Crippen molar-refractivity contribution in [1.82, 2.24) is 15.4 Å². The van der Waals surface area contributed by atoms with Crippen LogP contribution in [0, 0.1) is 0 Å². The van der Waals surface area contributed by atoms with E-state index in [0.29, 0.717) is 0 Å². The Balaban J connectivity index is 0.000000450. The van der Waals surface area contributed by atoms with E-state index in [4.69, 9.17) is 0 Å². The molecular weight excluding hydrogens is 212 g/mol. The molecule has 0 atom stereocenters. The van der Waals surface area contributed by atoms with E-state index >= 15 is 0 Å². The van der Waals surface area contributed by atoms with Crippen molar-refractivity contribution in [1.29, 1.82) is 0 Å². The molecule has 0 aliphatic carbocycles. The zero-order valence-corrected chi connectivity index (χ0v) is 11.1. The lowest BCUT2D eigenvalue weighted by Gasteiger charge is -1.99. The Bertz CT molecular complexity index is 343. The van der Waals surface area contributed by atoms with Gasteiger partial charge in [-0.3, -0.25) is 0 Å². The number of hydrogen-bond donors (Lipinski definition) is 2. The lowest BCUT2D eigenvalue weighted by atomic mass is 10.3. The van der Waals surface area contributed by atoms with Crippen LogP contribution in [-0.4, -0.2) is 15.4 Å². The molecular formula is C13H22N4. The molecule has 2 aromatic rings. The van der Waals surface area contributed by atoms with Gasteiger partial charge in [0.25, 0.3) is 0 Å². The van der Waals surface area contributed by atoms with Crippen LogP contribution in [-0.2, 0) is 0 Å². The van der Waals surface area contributed by atoms with E-state index in [1.807, 2.05) is 44.2 Å². The molecule has 0 aliphatic heterocycles. The molecule has 2 rings (SSSR count). The topological polar surface area (TPSA) is 53.6 Å². The van der Waals surface area contributed by atoms with Crippen molar-refractivity contribution < 1.29 is 0 Å². The number of H-pyrrole nitrogens is 1. The second-order valence-electron chi connectivity index (χ2n) is 3.05. The predicted molar refractivity (Wildman–Crippen MR) is 73.4 cm³/mol. The summed E-state index contributed by atoms with van der Waals surface area (Å²) in [5, 5.41) is 13.2. The molecule has 0 fully saturated rings. The Morgan fingerprint density at radius 1 is 1.12 bits per heavy atom. The first kappa shape index (κ1) is 15.2. The number of benzene rings is 1. The van der Waals surface area contributed by atoms with Gasteiger partial charge in [-0.25, -0.2) is 0 Å². The second-order valence-corrected chi connectivity index (χ2v) is 3.05. The third kappa shape index (κ3) is 7.11. The summed E-state index contributed by atoms with van der Waals surface area (Å²) in [6.45, 7) is 8.25. The van der Waals surface area contributed by atoms with Gasteiger partial charge in [-0.2, -0.15) is 10.3 Å². The quantitative estimate of drug-likeness (QED) is 0.826. The van der Waals surface area contributed by atoms with Gasteiger partial charge in [0.05, 0.1) is 6.20 Å². The van der Waals surface area contributed by atoms with E-state index < -0.39 is 0 Å². The first-order chi connectivity index (χ1) is 8.36. The minimum atomic E-state index is 0.723. The zero-order chi connectivity index (χ0) is 12.9. The molecule has 0 spiro atoms. The van der Waals surface area contributed by atoms with Crippen LogP contribution in [0.3, 0.4) is 0 Å². The van der Waals surface area contributed by atoms with Gasteiger partial charge in [0.1, 0.15) is 0 Å². The molecule has 4 heteroatoms. The number of aromatic amines is 1. The number of anilines is 2. The molecule has 94 valence electrons. The van der Waals surface area contributed by atoms with E-state index in [2.05, 4.69) is 34.6 Å².